The molecule has 3 N–H and O–H groups in total. The van der Waals surface area contributed by atoms with E-state index in [0.717, 1.165) is 15.7 Å². The summed E-state index contributed by atoms with van der Waals surface area (Å²) in [6.07, 6.45) is 0. The Hall–Kier alpha value is -1.39. The number of benzene rings is 2. The molecule has 0 spiro atoms. The van der Waals surface area contributed by atoms with E-state index in [0.29, 0.717) is 5.02 Å². The number of nitrogens with one attached hydrogen (secondary N) is 1. The van der Waals surface area contributed by atoms with E-state index in [1.807, 2.05) is 13.0 Å². The second-order valence-corrected chi connectivity index (χ2v) is 5.56. The number of phenolic OH excluding ortho intramolecular Hbond substituents is 2. The standard InChI is InChI=1S/C14H13BrClNO2/c1-8(9-4-11(18)7-12(19)5-9)17-14-3-2-10(16)6-13(14)15/h2-8,17-19H,1H3. The molecule has 0 heterocycles. The third-order valence-corrected chi connectivity index (χ3v) is 3.62. The van der Waals surface area contributed by atoms with Crippen LogP contribution in [-0.4, -0.2) is 10.2 Å². The number of aromatic hydroxyl groups is 2. The van der Waals surface area contributed by atoms with Crippen LogP contribution in [0.25, 0.3) is 0 Å². The van der Waals surface area contributed by atoms with E-state index in [-0.39, 0.29) is 17.5 Å². The monoisotopic (exact) mass is 341 g/mol. The van der Waals surface area contributed by atoms with Gasteiger partial charge in [0.15, 0.2) is 0 Å². The van der Waals surface area contributed by atoms with Gasteiger partial charge < -0.3 is 15.5 Å². The summed E-state index contributed by atoms with van der Waals surface area (Å²) >= 11 is 9.32. The van der Waals surface area contributed by atoms with E-state index in [4.69, 9.17) is 11.6 Å². The zero-order valence-corrected chi connectivity index (χ0v) is 12.5. The summed E-state index contributed by atoms with van der Waals surface area (Å²) in [6.45, 7) is 1.94. The van der Waals surface area contributed by atoms with Gasteiger partial charge in [0.2, 0.25) is 0 Å². The number of phenols is 2. The molecule has 1 atom stereocenters. The minimum Gasteiger partial charge on any atom is -0.508 e. The summed E-state index contributed by atoms with van der Waals surface area (Å²) in [5.74, 6) is 0.0812. The van der Waals surface area contributed by atoms with Crippen molar-refractivity contribution in [1.29, 1.82) is 0 Å². The van der Waals surface area contributed by atoms with Crippen molar-refractivity contribution in [3.8, 4) is 11.5 Å². The van der Waals surface area contributed by atoms with Crippen LogP contribution in [0.3, 0.4) is 0 Å². The molecule has 0 saturated heterocycles. The molecule has 2 rings (SSSR count). The van der Waals surface area contributed by atoms with Crippen molar-refractivity contribution in [3.63, 3.8) is 0 Å². The molecule has 0 aliphatic carbocycles. The Kier molecular flexibility index (Phi) is 4.22. The molecule has 0 aromatic heterocycles. The predicted octanol–water partition coefficient (Wildman–Crippen LogP) is 4.69. The molecule has 19 heavy (non-hydrogen) atoms. The highest BCUT2D eigenvalue weighted by molar-refractivity contribution is 9.10. The van der Waals surface area contributed by atoms with Gasteiger partial charge in [0.25, 0.3) is 0 Å². The van der Waals surface area contributed by atoms with Crippen LogP contribution in [0, 0.1) is 0 Å². The predicted molar refractivity (Wildman–Crippen MR) is 81.0 cm³/mol. The van der Waals surface area contributed by atoms with Crippen LogP contribution in [0.15, 0.2) is 40.9 Å². The van der Waals surface area contributed by atoms with Gasteiger partial charge in [-0.05, 0) is 58.7 Å². The molecule has 2 aromatic carbocycles. The van der Waals surface area contributed by atoms with Crippen LogP contribution in [0.5, 0.6) is 11.5 Å². The van der Waals surface area contributed by atoms with Gasteiger partial charge in [0.05, 0.1) is 0 Å². The topological polar surface area (TPSA) is 52.5 Å². The molecule has 1 unspecified atom stereocenters. The molecule has 0 amide bonds. The molecule has 0 bridgehead atoms. The largest absolute Gasteiger partial charge is 0.508 e. The first-order chi connectivity index (χ1) is 8.95. The highest BCUT2D eigenvalue weighted by Gasteiger charge is 2.10. The minimum absolute atomic E-state index is 0.0406. The molecule has 0 saturated carbocycles. The van der Waals surface area contributed by atoms with E-state index in [1.165, 1.54) is 6.07 Å². The Bertz CT molecular complexity index is 584. The third-order valence-electron chi connectivity index (χ3n) is 2.73. The van der Waals surface area contributed by atoms with Crippen LogP contribution < -0.4 is 5.32 Å². The summed E-state index contributed by atoms with van der Waals surface area (Å²) in [5, 5.41) is 22.9. The summed E-state index contributed by atoms with van der Waals surface area (Å²) in [5.41, 5.74) is 1.68. The summed E-state index contributed by atoms with van der Waals surface area (Å²) in [7, 11) is 0. The Morgan fingerprint density at radius 1 is 1.11 bits per heavy atom. The molecule has 0 aliphatic rings. The van der Waals surface area contributed by atoms with Gasteiger partial charge in [-0.15, -0.1) is 0 Å². The normalized spacial score (nSPS) is 12.2. The quantitative estimate of drug-likeness (QED) is 0.758. The zero-order valence-electron chi connectivity index (χ0n) is 10.2. The molecule has 0 radical (unpaired) electrons. The van der Waals surface area contributed by atoms with Crippen LogP contribution >= 0.6 is 27.5 Å². The maximum absolute atomic E-state index is 9.49. The Morgan fingerprint density at radius 3 is 2.32 bits per heavy atom. The number of rotatable bonds is 3. The summed E-state index contributed by atoms with van der Waals surface area (Å²) < 4.78 is 0.858. The van der Waals surface area contributed by atoms with Gasteiger partial charge in [0.1, 0.15) is 11.5 Å². The fourth-order valence-electron chi connectivity index (χ4n) is 1.79. The number of halogens is 2. The van der Waals surface area contributed by atoms with Gasteiger partial charge in [-0.25, -0.2) is 0 Å². The average molecular weight is 343 g/mol. The number of hydrogen-bond acceptors (Lipinski definition) is 3. The fraction of sp³-hybridized carbons (Fsp3) is 0.143. The zero-order chi connectivity index (χ0) is 14.0. The van der Waals surface area contributed by atoms with E-state index >= 15 is 0 Å². The van der Waals surface area contributed by atoms with Crippen LogP contribution in [0.4, 0.5) is 5.69 Å². The van der Waals surface area contributed by atoms with Crippen LogP contribution in [0.2, 0.25) is 5.02 Å². The molecular formula is C14H13BrClNO2. The number of anilines is 1. The molecule has 100 valence electrons. The van der Waals surface area contributed by atoms with Crippen molar-refractivity contribution < 1.29 is 10.2 Å². The molecule has 2 aromatic rings. The lowest BCUT2D eigenvalue weighted by molar-refractivity contribution is 0.448. The average Bonchev–Trinajstić information content (AvgIpc) is 2.31. The fourth-order valence-corrected chi connectivity index (χ4v) is 2.59. The van der Waals surface area contributed by atoms with Gasteiger partial charge in [0, 0.05) is 27.3 Å². The first kappa shape index (κ1) is 14.0. The van der Waals surface area contributed by atoms with Gasteiger partial charge in [-0.1, -0.05) is 11.6 Å². The van der Waals surface area contributed by atoms with Crippen molar-refractivity contribution in [2.75, 3.05) is 5.32 Å². The first-order valence-electron chi connectivity index (χ1n) is 5.70. The lowest BCUT2D eigenvalue weighted by atomic mass is 10.1. The lowest BCUT2D eigenvalue weighted by Gasteiger charge is -2.17. The van der Waals surface area contributed by atoms with E-state index in [2.05, 4.69) is 21.2 Å². The second kappa shape index (κ2) is 5.72. The Labute approximate surface area is 125 Å². The van der Waals surface area contributed by atoms with E-state index < -0.39 is 0 Å². The second-order valence-electron chi connectivity index (χ2n) is 4.27. The van der Waals surface area contributed by atoms with Crippen molar-refractivity contribution in [1.82, 2.24) is 0 Å². The maximum atomic E-state index is 9.49. The van der Waals surface area contributed by atoms with Crippen molar-refractivity contribution in [3.05, 3.63) is 51.5 Å². The SMILES string of the molecule is CC(Nc1ccc(Cl)cc1Br)c1cc(O)cc(O)c1. The molecule has 3 nitrogen and oxygen atoms in total. The van der Waals surface area contributed by atoms with Crippen LogP contribution in [-0.2, 0) is 0 Å². The summed E-state index contributed by atoms with van der Waals surface area (Å²) in [4.78, 5) is 0. The van der Waals surface area contributed by atoms with Crippen molar-refractivity contribution in [2.45, 2.75) is 13.0 Å². The molecule has 5 heteroatoms. The van der Waals surface area contributed by atoms with E-state index in [1.54, 1.807) is 24.3 Å². The molecule has 0 fully saturated rings. The first-order valence-corrected chi connectivity index (χ1v) is 6.87. The van der Waals surface area contributed by atoms with Crippen molar-refractivity contribution >= 4 is 33.2 Å². The molecular weight excluding hydrogens is 330 g/mol. The summed E-state index contributed by atoms with van der Waals surface area (Å²) in [6, 6.07) is 9.91. The van der Waals surface area contributed by atoms with Gasteiger partial charge in [-0.3, -0.25) is 0 Å². The van der Waals surface area contributed by atoms with Gasteiger partial charge >= 0.3 is 0 Å². The van der Waals surface area contributed by atoms with Crippen molar-refractivity contribution in [2.24, 2.45) is 0 Å². The molecule has 0 aliphatic heterocycles. The smallest absolute Gasteiger partial charge is 0.119 e. The lowest BCUT2D eigenvalue weighted by Crippen LogP contribution is -2.06. The highest BCUT2D eigenvalue weighted by Crippen LogP contribution is 2.31. The van der Waals surface area contributed by atoms with Crippen LogP contribution in [0.1, 0.15) is 18.5 Å². The number of hydrogen-bond donors (Lipinski definition) is 3. The Morgan fingerprint density at radius 2 is 1.74 bits per heavy atom. The maximum Gasteiger partial charge on any atom is 0.119 e. The van der Waals surface area contributed by atoms with Gasteiger partial charge in [-0.2, -0.15) is 0 Å². The minimum atomic E-state index is -0.0736. The Balaban J connectivity index is 2.22. The van der Waals surface area contributed by atoms with E-state index in [9.17, 15) is 10.2 Å². The third kappa shape index (κ3) is 3.55. The highest BCUT2D eigenvalue weighted by atomic mass is 79.9.